The molecule has 3 aliphatic rings. The van der Waals surface area contributed by atoms with Crippen LogP contribution in [0.1, 0.15) is 0 Å². The number of nitrogens with zero attached hydrogens (tertiary/aromatic N) is 4. The van der Waals surface area contributed by atoms with Crippen LogP contribution in [0.15, 0.2) is 40.3 Å². The number of nitrogens with two attached hydrogens (primary N) is 1. The first-order valence-electron chi connectivity index (χ1n) is 9.76. The Morgan fingerprint density at radius 3 is 2.83 bits per heavy atom. The lowest BCUT2D eigenvalue weighted by Crippen LogP contribution is -2.54. The molecule has 0 radical (unpaired) electrons. The predicted octanol–water partition coefficient (Wildman–Crippen LogP) is 1.48. The fourth-order valence-corrected chi connectivity index (χ4v) is 5.93. The molecule has 2 bridgehead atoms. The highest BCUT2D eigenvalue weighted by atomic mass is 32.2. The first-order valence-corrected chi connectivity index (χ1v) is 10.6. The molecule has 7 nitrogen and oxygen atoms in total. The van der Waals surface area contributed by atoms with E-state index in [1.54, 1.807) is 12.1 Å². The minimum absolute atomic E-state index is 0.0168. The lowest BCUT2D eigenvalue weighted by molar-refractivity contribution is -0.0629. The van der Waals surface area contributed by atoms with Crippen LogP contribution in [0.5, 0.6) is 0 Å². The van der Waals surface area contributed by atoms with Gasteiger partial charge in [0.15, 0.2) is 0 Å². The molecule has 0 aliphatic carbocycles. The van der Waals surface area contributed by atoms with Crippen LogP contribution in [0.2, 0.25) is 0 Å². The van der Waals surface area contributed by atoms with Crippen LogP contribution in [0.4, 0.5) is 16.2 Å². The van der Waals surface area contributed by atoms with E-state index in [4.69, 9.17) is 10.5 Å². The van der Waals surface area contributed by atoms with Gasteiger partial charge in [0.2, 0.25) is 5.95 Å². The Balaban J connectivity index is 1.42. The average molecular weight is 418 g/mol. The van der Waals surface area contributed by atoms with Gasteiger partial charge in [-0.3, -0.25) is 0 Å². The van der Waals surface area contributed by atoms with E-state index < -0.39 is 0 Å². The maximum Gasteiger partial charge on any atom is 0.223 e. The lowest BCUT2D eigenvalue weighted by atomic mass is 9.83. The zero-order valence-electron chi connectivity index (χ0n) is 16.2. The topological polar surface area (TPSA) is 87.7 Å². The van der Waals surface area contributed by atoms with Crippen molar-refractivity contribution in [2.24, 2.45) is 11.8 Å². The molecule has 0 saturated carbocycles. The molecule has 4 atom stereocenters. The van der Waals surface area contributed by atoms with Crippen molar-refractivity contribution in [3.8, 4) is 0 Å². The van der Waals surface area contributed by atoms with Gasteiger partial charge >= 0.3 is 0 Å². The summed E-state index contributed by atoms with van der Waals surface area (Å²) in [5.41, 5.74) is 5.73. The predicted molar refractivity (Wildman–Crippen MR) is 108 cm³/mol. The van der Waals surface area contributed by atoms with Crippen molar-refractivity contribution in [3.63, 3.8) is 0 Å². The molecule has 1 aromatic heterocycles. The Morgan fingerprint density at radius 2 is 2.07 bits per heavy atom. The number of aliphatic hydroxyl groups is 1. The summed E-state index contributed by atoms with van der Waals surface area (Å²) in [4.78, 5) is 14.2. The van der Waals surface area contributed by atoms with Crippen LogP contribution in [0, 0.1) is 17.7 Å². The zero-order chi connectivity index (χ0) is 20.2. The lowest BCUT2D eigenvalue weighted by Gasteiger charge is -2.41. The number of rotatable bonds is 4. The Kier molecular flexibility index (Phi) is 4.65. The van der Waals surface area contributed by atoms with E-state index in [0.717, 1.165) is 23.8 Å². The monoisotopic (exact) mass is 417 g/mol. The molecule has 0 amide bonds. The Bertz CT molecular complexity index is 916. The number of nitrogen functional groups attached to an aromatic ring is 1. The number of likely N-dealkylation sites (N-methyl/N-ethyl adjacent to an activating group) is 1. The minimum Gasteiger partial charge on any atom is -0.396 e. The number of benzene rings is 1. The smallest absolute Gasteiger partial charge is 0.223 e. The molecule has 3 aliphatic heterocycles. The molecule has 3 N–H and O–H groups in total. The van der Waals surface area contributed by atoms with Crippen molar-refractivity contribution in [2.75, 3.05) is 50.5 Å². The Morgan fingerprint density at radius 1 is 1.28 bits per heavy atom. The molecule has 3 fully saturated rings. The van der Waals surface area contributed by atoms with E-state index in [1.165, 1.54) is 23.9 Å². The van der Waals surface area contributed by atoms with E-state index >= 15 is 0 Å². The number of morpholine rings is 1. The number of aromatic nitrogens is 2. The van der Waals surface area contributed by atoms with Gasteiger partial charge in [-0.25, -0.2) is 9.37 Å². The van der Waals surface area contributed by atoms with Crippen LogP contribution in [-0.4, -0.2) is 71.5 Å². The van der Waals surface area contributed by atoms with Crippen molar-refractivity contribution < 1.29 is 14.2 Å². The summed E-state index contributed by atoms with van der Waals surface area (Å²) in [5, 5.41) is 10.7. The largest absolute Gasteiger partial charge is 0.396 e. The molecule has 154 valence electrons. The van der Waals surface area contributed by atoms with Crippen LogP contribution in [0.25, 0.3) is 0 Å². The second-order valence-electron chi connectivity index (χ2n) is 8.23. The Labute approximate surface area is 173 Å². The molecule has 3 saturated heterocycles. The first kappa shape index (κ1) is 19.0. The van der Waals surface area contributed by atoms with Gasteiger partial charge in [0.1, 0.15) is 22.3 Å². The molecule has 5 rings (SSSR count). The quantitative estimate of drug-likeness (QED) is 0.724. The molecule has 9 heteroatoms. The number of aliphatic hydroxyl groups excluding tert-OH is 1. The van der Waals surface area contributed by atoms with Gasteiger partial charge in [0.25, 0.3) is 0 Å². The molecule has 1 spiro atoms. The summed E-state index contributed by atoms with van der Waals surface area (Å²) in [6, 6.07) is 8.22. The summed E-state index contributed by atoms with van der Waals surface area (Å²) in [6.45, 7) is 3.30. The fraction of sp³-hybridized carbons (Fsp3) is 0.500. The highest BCUT2D eigenvalue weighted by Crippen LogP contribution is 2.49. The van der Waals surface area contributed by atoms with Crippen molar-refractivity contribution in [3.05, 3.63) is 36.1 Å². The molecule has 0 unspecified atom stereocenters. The van der Waals surface area contributed by atoms with Gasteiger partial charge in [-0.15, -0.1) is 0 Å². The zero-order valence-corrected chi connectivity index (χ0v) is 17.0. The fourth-order valence-electron chi connectivity index (χ4n) is 5.11. The van der Waals surface area contributed by atoms with Gasteiger partial charge in [0, 0.05) is 49.0 Å². The van der Waals surface area contributed by atoms with E-state index in [2.05, 4.69) is 26.8 Å². The number of hydrogen-bond donors (Lipinski definition) is 2. The van der Waals surface area contributed by atoms with E-state index in [-0.39, 0.29) is 36.0 Å². The van der Waals surface area contributed by atoms with Crippen LogP contribution >= 0.6 is 11.8 Å². The van der Waals surface area contributed by atoms with Gasteiger partial charge in [-0.05, 0) is 31.3 Å². The van der Waals surface area contributed by atoms with Gasteiger partial charge in [0.05, 0.1) is 12.6 Å². The third-order valence-corrected chi connectivity index (χ3v) is 7.16. The highest BCUT2D eigenvalue weighted by Gasteiger charge is 2.61. The number of likely N-dealkylation sites (tertiary alicyclic amines) is 1. The van der Waals surface area contributed by atoms with E-state index in [1.807, 2.05) is 6.07 Å². The molecule has 4 heterocycles. The summed E-state index contributed by atoms with van der Waals surface area (Å²) in [5.74, 6) is 1.16. The van der Waals surface area contributed by atoms with Crippen LogP contribution < -0.4 is 10.6 Å². The van der Waals surface area contributed by atoms with Crippen molar-refractivity contribution in [1.29, 1.82) is 0 Å². The summed E-state index contributed by atoms with van der Waals surface area (Å²) < 4.78 is 19.6. The maximum absolute atomic E-state index is 13.2. The maximum atomic E-state index is 13.2. The third-order valence-electron chi connectivity index (χ3n) is 6.24. The van der Waals surface area contributed by atoms with Crippen molar-refractivity contribution in [2.45, 2.75) is 21.6 Å². The van der Waals surface area contributed by atoms with Gasteiger partial charge in [-0.2, -0.15) is 4.98 Å². The standard InChI is InChI=1S/C20H24FN5O2S/c1-25-7-15-14(9-27)16-8-26(11-20(15,10-25)28-16)17-6-18(24-19(22)23-17)29-13-4-2-12(21)3-5-13/h2-6,14-16,27H,7-11H2,1H3,(H2,22,23,24)/t14-,15+,16+,20-/m0/s1. The SMILES string of the molecule is CN1C[C@@H]2[C@H](CO)[C@H]3CN(c4cc(Sc5ccc(F)cc5)nc(N)n4)C[C@]2(C1)O3. The highest BCUT2D eigenvalue weighted by molar-refractivity contribution is 7.99. The normalized spacial score (nSPS) is 31.3. The van der Waals surface area contributed by atoms with Gasteiger partial charge in [-0.1, -0.05) is 11.8 Å². The number of ether oxygens (including phenoxy) is 1. The molecule has 29 heavy (non-hydrogen) atoms. The average Bonchev–Trinajstić information content (AvgIpc) is 3.08. The molecular formula is C20H24FN5O2S. The first-order chi connectivity index (χ1) is 14.0. The molecular weight excluding hydrogens is 393 g/mol. The van der Waals surface area contributed by atoms with E-state index in [0.29, 0.717) is 24.0 Å². The number of halogens is 1. The third kappa shape index (κ3) is 3.35. The molecule has 2 aromatic rings. The summed E-state index contributed by atoms with van der Waals surface area (Å²) in [6.07, 6.45) is -0.0168. The van der Waals surface area contributed by atoms with Crippen molar-refractivity contribution in [1.82, 2.24) is 14.9 Å². The second kappa shape index (κ2) is 7.09. The number of anilines is 2. The van der Waals surface area contributed by atoms with Crippen LogP contribution in [-0.2, 0) is 4.74 Å². The van der Waals surface area contributed by atoms with Crippen molar-refractivity contribution >= 4 is 23.5 Å². The Hall–Kier alpha value is -1.94. The van der Waals surface area contributed by atoms with Crippen LogP contribution in [0.3, 0.4) is 0 Å². The van der Waals surface area contributed by atoms with E-state index in [9.17, 15) is 9.50 Å². The van der Waals surface area contributed by atoms with Gasteiger partial charge < -0.3 is 25.4 Å². The molecule has 1 aromatic carbocycles. The summed E-state index contributed by atoms with van der Waals surface area (Å²) in [7, 11) is 2.10. The number of fused-ring (bicyclic) bond motifs is 1. The minimum atomic E-state index is -0.283. The summed E-state index contributed by atoms with van der Waals surface area (Å²) >= 11 is 1.43. The number of hydrogen-bond acceptors (Lipinski definition) is 8. The second-order valence-corrected chi connectivity index (χ2v) is 9.32.